The van der Waals surface area contributed by atoms with Crippen molar-refractivity contribution in [3.8, 4) is 12.3 Å². The maximum absolute atomic E-state index is 5.47. The van der Waals surface area contributed by atoms with Crippen molar-refractivity contribution in [1.29, 1.82) is 0 Å². The van der Waals surface area contributed by atoms with Gasteiger partial charge < -0.3 is 61.6 Å². The van der Waals surface area contributed by atoms with Gasteiger partial charge in [0.15, 0.2) is 0 Å². The Kier molecular flexibility index (Phi) is 39.6. The molecular weight excluding hydrogens is 568 g/mol. The van der Waals surface area contributed by atoms with Gasteiger partial charge in [0.2, 0.25) is 0 Å². The van der Waals surface area contributed by atoms with Crippen LogP contribution in [0.5, 0.6) is 0 Å². The van der Waals surface area contributed by atoms with Crippen molar-refractivity contribution in [3.63, 3.8) is 0 Å². The van der Waals surface area contributed by atoms with Gasteiger partial charge in [0.05, 0.1) is 165 Å². The highest BCUT2D eigenvalue weighted by Gasteiger charge is 1.96. The Balaban J connectivity index is 3.03. The molecule has 13 nitrogen and oxygen atoms in total. The molecule has 0 aromatic rings. The van der Waals surface area contributed by atoms with Crippen LogP contribution in [0.2, 0.25) is 0 Å². The number of rotatable bonds is 39. The molecule has 0 fully saturated rings. The van der Waals surface area contributed by atoms with E-state index in [1.165, 1.54) is 0 Å². The second-order valence-corrected chi connectivity index (χ2v) is 8.36. The Hall–Kier alpha value is -1.22. The zero-order valence-electron chi connectivity index (χ0n) is 26.1. The standard InChI is InChI=1S/C30H56O13/c1-3-5-31-7-9-33-11-13-35-15-17-37-19-21-39-23-25-41-27-29-43-30-28-42-26-24-40-22-20-38-18-16-36-14-12-34-10-8-32-6-4-2/h1,4H,2,5-30H2. The van der Waals surface area contributed by atoms with Crippen LogP contribution in [0.3, 0.4) is 0 Å². The van der Waals surface area contributed by atoms with Gasteiger partial charge in [0.25, 0.3) is 0 Å². The topological polar surface area (TPSA) is 120 Å². The fraction of sp³-hybridized carbons (Fsp3) is 0.867. The van der Waals surface area contributed by atoms with E-state index in [9.17, 15) is 0 Å². The Morgan fingerprint density at radius 2 is 0.512 bits per heavy atom. The van der Waals surface area contributed by atoms with Gasteiger partial charge in [-0.1, -0.05) is 12.0 Å². The minimum Gasteiger partial charge on any atom is -0.377 e. The first kappa shape index (κ1) is 41.8. The van der Waals surface area contributed by atoms with Gasteiger partial charge in [-0.15, -0.1) is 13.0 Å². The highest BCUT2D eigenvalue weighted by molar-refractivity contribution is 4.82. The molecule has 0 radical (unpaired) electrons. The first-order valence-electron chi connectivity index (χ1n) is 15.0. The van der Waals surface area contributed by atoms with Crippen molar-refractivity contribution in [2.75, 3.05) is 172 Å². The summed E-state index contributed by atoms with van der Waals surface area (Å²) in [6.45, 7) is 16.8. The van der Waals surface area contributed by atoms with Crippen LogP contribution in [0.15, 0.2) is 12.7 Å². The maximum atomic E-state index is 5.47. The lowest BCUT2D eigenvalue weighted by Gasteiger charge is -2.09. The first-order chi connectivity index (χ1) is 21.4. The summed E-state index contributed by atoms with van der Waals surface area (Å²) >= 11 is 0. The van der Waals surface area contributed by atoms with Crippen LogP contribution in [0.25, 0.3) is 0 Å². The van der Waals surface area contributed by atoms with Crippen LogP contribution >= 0.6 is 0 Å². The number of ether oxygens (including phenoxy) is 13. The van der Waals surface area contributed by atoms with E-state index in [-0.39, 0.29) is 0 Å². The molecule has 0 atom stereocenters. The molecule has 0 aliphatic rings. The largest absolute Gasteiger partial charge is 0.377 e. The van der Waals surface area contributed by atoms with Crippen molar-refractivity contribution in [1.82, 2.24) is 0 Å². The van der Waals surface area contributed by atoms with E-state index in [4.69, 9.17) is 68.0 Å². The molecule has 0 aromatic carbocycles. The smallest absolute Gasteiger partial charge is 0.107 e. The Bertz CT molecular complexity index is 563. The summed E-state index contributed by atoms with van der Waals surface area (Å²) in [7, 11) is 0. The highest BCUT2D eigenvalue weighted by Crippen LogP contribution is 1.87. The van der Waals surface area contributed by atoms with E-state index < -0.39 is 0 Å². The normalized spacial score (nSPS) is 11.2. The predicted molar refractivity (Wildman–Crippen MR) is 160 cm³/mol. The van der Waals surface area contributed by atoms with Gasteiger partial charge in [0.1, 0.15) is 6.61 Å². The molecule has 0 saturated heterocycles. The Morgan fingerprint density at radius 3 is 0.698 bits per heavy atom. The van der Waals surface area contributed by atoms with Gasteiger partial charge in [-0.3, -0.25) is 0 Å². The van der Waals surface area contributed by atoms with Crippen molar-refractivity contribution in [2.45, 2.75) is 0 Å². The number of hydrogen-bond donors (Lipinski definition) is 0. The molecule has 43 heavy (non-hydrogen) atoms. The molecule has 0 amide bonds. The van der Waals surface area contributed by atoms with E-state index in [0.29, 0.717) is 172 Å². The molecule has 0 unspecified atom stereocenters. The summed E-state index contributed by atoms with van der Waals surface area (Å²) in [5.74, 6) is 2.40. The summed E-state index contributed by atoms with van der Waals surface area (Å²) in [5.41, 5.74) is 0. The van der Waals surface area contributed by atoms with E-state index >= 15 is 0 Å². The molecule has 13 heteroatoms. The fourth-order valence-electron chi connectivity index (χ4n) is 2.83. The first-order valence-corrected chi connectivity index (χ1v) is 15.0. The van der Waals surface area contributed by atoms with Gasteiger partial charge in [-0.05, 0) is 0 Å². The molecule has 254 valence electrons. The zero-order chi connectivity index (χ0) is 31.0. The number of terminal acetylenes is 1. The Morgan fingerprint density at radius 1 is 0.326 bits per heavy atom. The molecular formula is C30H56O13. The zero-order valence-corrected chi connectivity index (χ0v) is 26.1. The van der Waals surface area contributed by atoms with E-state index in [1.54, 1.807) is 6.08 Å². The molecule has 0 aromatic heterocycles. The lowest BCUT2D eigenvalue weighted by Crippen LogP contribution is -2.15. The van der Waals surface area contributed by atoms with Crippen LogP contribution in [0, 0.1) is 12.3 Å². The second-order valence-electron chi connectivity index (χ2n) is 8.36. The predicted octanol–water partition coefficient (Wildman–Crippen LogP) is 1.02. The number of hydrogen-bond acceptors (Lipinski definition) is 13. The van der Waals surface area contributed by atoms with Gasteiger partial charge in [0, 0.05) is 0 Å². The van der Waals surface area contributed by atoms with Crippen LogP contribution in [-0.2, 0) is 61.6 Å². The van der Waals surface area contributed by atoms with Gasteiger partial charge in [-0.2, -0.15) is 0 Å². The molecule has 0 bridgehead atoms. The average molecular weight is 625 g/mol. The molecule has 0 rings (SSSR count). The average Bonchev–Trinajstić information content (AvgIpc) is 3.02. The van der Waals surface area contributed by atoms with Crippen LogP contribution in [0.4, 0.5) is 0 Å². The quantitative estimate of drug-likeness (QED) is 0.0551. The third kappa shape index (κ3) is 40.8. The summed E-state index contributed by atoms with van der Waals surface area (Å²) in [6, 6.07) is 0. The van der Waals surface area contributed by atoms with E-state index in [2.05, 4.69) is 12.5 Å². The third-order valence-corrected chi connectivity index (χ3v) is 4.89. The maximum Gasteiger partial charge on any atom is 0.107 e. The Labute approximate surface area is 258 Å². The summed E-state index contributed by atoms with van der Waals surface area (Å²) in [4.78, 5) is 0. The fourth-order valence-corrected chi connectivity index (χ4v) is 2.83. The summed E-state index contributed by atoms with van der Waals surface area (Å²) in [5, 5.41) is 0. The summed E-state index contributed by atoms with van der Waals surface area (Å²) < 4.78 is 70.0. The lowest BCUT2D eigenvalue weighted by molar-refractivity contribution is -0.0287. The lowest BCUT2D eigenvalue weighted by atomic mass is 10.6. The van der Waals surface area contributed by atoms with Crippen LogP contribution in [0.1, 0.15) is 0 Å². The van der Waals surface area contributed by atoms with Crippen molar-refractivity contribution in [2.24, 2.45) is 0 Å². The molecule has 0 aliphatic carbocycles. The van der Waals surface area contributed by atoms with Crippen molar-refractivity contribution >= 4 is 0 Å². The van der Waals surface area contributed by atoms with Crippen LogP contribution < -0.4 is 0 Å². The molecule has 0 spiro atoms. The molecule has 0 heterocycles. The van der Waals surface area contributed by atoms with E-state index in [0.717, 1.165) is 0 Å². The summed E-state index contributed by atoms with van der Waals surface area (Å²) in [6.07, 6.45) is 6.79. The SMILES string of the molecule is C#CCOCCOCCOCCOCCOCCOCCOCCOCCOCCOCCOCCOCCOCC=C. The molecule has 0 aliphatic heterocycles. The molecule has 0 N–H and O–H groups in total. The van der Waals surface area contributed by atoms with Crippen LogP contribution in [-0.4, -0.2) is 172 Å². The van der Waals surface area contributed by atoms with Gasteiger partial charge in [-0.25, -0.2) is 0 Å². The van der Waals surface area contributed by atoms with Gasteiger partial charge >= 0.3 is 0 Å². The molecule has 0 saturated carbocycles. The highest BCUT2D eigenvalue weighted by atomic mass is 16.6. The van der Waals surface area contributed by atoms with E-state index in [1.807, 2.05) is 0 Å². The van der Waals surface area contributed by atoms with Crippen molar-refractivity contribution in [3.05, 3.63) is 12.7 Å². The monoisotopic (exact) mass is 624 g/mol. The third-order valence-electron chi connectivity index (χ3n) is 4.89. The minimum atomic E-state index is 0.307. The minimum absolute atomic E-state index is 0.307. The van der Waals surface area contributed by atoms with Crippen molar-refractivity contribution < 1.29 is 61.6 Å². The second kappa shape index (κ2) is 40.8.